The van der Waals surface area contributed by atoms with Crippen molar-refractivity contribution in [2.45, 2.75) is 45.7 Å². The fourth-order valence-electron chi connectivity index (χ4n) is 5.13. The summed E-state index contributed by atoms with van der Waals surface area (Å²) in [6.07, 6.45) is 3.08. The summed E-state index contributed by atoms with van der Waals surface area (Å²) in [5, 5.41) is 11.5. The number of Topliss-reactive ketones (excluding diaryl/α,β-unsaturated/α-hetero) is 1. The lowest BCUT2D eigenvalue weighted by Gasteiger charge is -2.26. The summed E-state index contributed by atoms with van der Waals surface area (Å²) in [7, 11) is 0. The highest BCUT2D eigenvalue weighted by molar-refractivity contribution is 6.46. The van der Waals surface area contributed by atoms with Crippen LogP contribution in [0.2, 0.25) is 0 Å². The van der Waals surface area contributed by atoms with Crippen LogP contribution in [0, 0.1) is 0 Å². The second-order valence-corrected chi connectivity index (χ2v) is 9.97. The molecular formula is C33H35NO7. The van der Waals surface area contributed by atoms with Gasteiger partial charge in [0.15, 0.2) is 23.0 Å². The van der Waals surface area contributed by atoms with E-state index in [1.165, 1.54) is 4.90 Å². The third-order valence-corrected chi connectivity index (χ3v) is 7.14. The van der Waals surface area contributed by atoms with E-state index < -0.39 is 17.7 Å². The van der Waals surface area contributed by atoms with Gasteiger partial charge >= 0.3 is 0 Å². The van der Waals surface area contributed by atoms with Crippen LogP contribution in [-0.4, -0.2) is 48.1 Å². The van der Waals surface area contributed by atoms with E-state index in [1.807, 2.05) is 43.3 Å². The third kappa shape index (κ3) is 6.01. The van der Waals surface area contributed by atoms with Gasteiger partial charge in [0.05, 0.1) is 24.8 Å². The SMILES string of the molecule is CCCCCOc1ccc(C2/C(=C(/O)c3ccc4c(c3)OCCO4)C(=O)C(=O)N2Cc2ccccc2)cc1OCC. The maximum Gasteiger partial charge on any atom is 0.295 e. The van der Waals surface area contributed by atoms with E-state index in [0.29, 0.717) is 60.6 Å². The number of amides is 1. The molecule has 41 heavy (non-hydrogen) atoms. The van der Waals surface area contributed by atoms with Crippen LogP contribution in [0.25, 0.3) is 5.76 Å². The van der Waals surface area contributed by atoms with Crippen molar-refractivity contribution in [3.63, 3.8) is 0 Å². The van der Waals surface area contributed by atoms with Gasteiger partial charge in [0.2, 0.25) is 0 Å². The third-order valence-electron chi connectivity index (χ3n) is 7.14. The number of unbranched alkanes of at least 4 members (excludes halogenated alkanes) is 2. The van der Waals surface area contributed by atoms with Gasteiger partial charge in [-0.1, -0.05) is 56.2 Å². The van der Waals surface area contributed by atoms with Crippen molar-refractivity contribution in [3.8, 4) is 23.0 Å². The Labute approximate surface area is 240 Å². The summed E-state index contributed by atoms with van der Waals surface area (Å²) < 4.78 is 23.2. The Morgan fingerprint density at radius 3 is 2.44 bits per heavy atom. The van der Waals surface area contributed by atoms with E-state index in [9.17, 15) is 14.7 Å². The smallest absolute Gasteiger partial charge is 0.295 e. The summed E-state index contributed by atoms with van der Waals surface area (Å²) in [6, 6.07) is 19.0. The Kier molecular flexibility index (Phi) is 8.77. The second-order valence-electron chi connectivity index (χ2n) is 9.97. The van der Waals surface area contributed by atoms with Crippen molar-refractivity contribution in [2.75, 3.05) is 26.4 Å². The van der Waals surface area contributed by atoms with E-state index in [1.54, 1.807) is 30.3 Å². The average molecular weight is 558 g/mol. The lowest BCUT2D eigenvalue weighted by Crippen LogP contribution is -2.29. The van der Waals surface area contributed by atoms with Crippen LogP contribution in [0.15, 0.2) is 72.3 Å². The zero-order valence-electron chi connectivity index (χ0n) is 23.4. The van der Waals surface area contributed by atoms with Gasteiger partial charge in [0.25, 0.3) is 11.7 Å². The van der Waals surface area contributed by atoms with Crippen molar-refractivity contribution in [3.05, 3.63) is 89.0 Å². The highest BCUT2D eigenvalue weighted by Gasteiger charge is 2.46. The Morgan fingerprint density at radius 2 is 1.68 bits per heavy atom. The van der Waals surface area contributed by atoms with E-state index in [-0.39, 0.29) is 17.9 Å². The highest BCUT2D eigenvalue weighted by atomic mass is 16.6. The van der Waals surface area contributed by atoms with Gasteiger partial charge in [0, 0.05) is 12.1 Å². The number of nitrogens with zero attached hydrogens (tertiary/aromatic N) is 1. The highest BCUT2D eigenvalue weighted by Crippen LogP contribution is 2.43. The topological polar surface area (TPSA) is 94.5 Å². The number of ether oxygens (including phenoxy) is 4. The number of likely N-dealkylation sites (tertiary alicyclic amines) is 1. The fourth-order valence-corrected chi connectivity index (χ4v) is 5.13. The minimum atomic E-state index is -0.850. The summed E-state index contributed by atoms with van der Waals surface area (Å²) >= 11 is 0. The van der Waals surface area contributed by atoms with Gasteiger partial charge in [-0.25, -0.2) is 0 Å². The molecule has 0 spiro atoms. The molecule has 8 nitrogen and oxygen atoms in total. The Morgan fingerprint density at radius 1 is 0.902 bits per heavy atom. The van der Waals surface area contributed by atoms with Gasteiger partial charge in [0.1, 0.15) is 19.0 Å². The number of fused-ring (bicyclic) bond motifs is 1. The molecule has 1 unspecified atom stereocenters. The number of aliphatic hydroxyl groups is 1. The van der Waals surface area contributed by atoms with Gasteiger partial charge in [-0.2, -0.15) is 0 Å². The van der Waals surface area contributed by atoms with Crippen molar-refractivity contribution in [1.82, 2.24) is 4.90 Å². The molecule has 1 atom stereocenters. The van der Waals surface area contributed by atoms with Crippen molar-refractivity contribution < 1.29 is 33.6 Å². The minimum absolute atomic E-state index is 0.00155. The molecule has 5 rings (SSSR count). The largest absolute Gasteiger partial charge is 0.507 e. The first kappa shape index (κ1) is 28.1. The molecule has 1 N–H and O–H groups in total. The molecule has 2 aliphatic heterocycles. The summed E-state index contributed by atoms with van der Waals surface area (Å²) in [5.41, 5.74) is 1.85. The Bertz CT molecular complexity index is 1430. The zero-order chi connectivity index (χ0) is 28.8. The van der Waals surface area contributed by atoms with E-state index in [4.69, 9.17) is 18.9 Å². The number of benzene rings is 3. The minimum Gasteiger partial charge on any atom is -0.507 e. The standard InChI is InChI=1S/C33H35NO7/c1-3-5-9-16-39-25-14-12-23(19-27(25)38-4-2)30-29(31(35)24-13-15-26-28(20-24)41-18-17-40-26)32(36)33(37)34(30)21-22-10-7-6-8-11-22/h6-8,10-15,19-20,30,35H,3-5,9,16-18,21H2,1-2H3/b31-29-. The quantitative estimate of drug-likeness (QED) is 0.133. The number of carbonyl (C=O) groups excluding carboxylic acids is 2. The van der Waals surface area contributed by atoms with E-state index >= 15 is 0 Å². The molecule has 2 heterocycles. The predicted molar refractivity (Wildman–Crippen MR) is 154 cm³/mol. The molecule has 1 fully saturated rings. The molecule has 0 radical (unpaired) electrons. The number of ketones is 1. The molecule has 3 aromatic rings. The first-order valence-corrected chi connectivity index (χ1v) is 14.1. The van der Waals surface area contributed by atoms with Crippen LogP contribution in [-0.2, 0) is 16.1 Å². The van der Waals surface area contributed by atoms with Gasteiger partial charge in [-0.05, 0) is 54.8 Å². The molecule has 2 aliphatic rings. The van der Waals surface area contributed by atoms with Crippen LogP contribution in [0.5, 0.6) is 23.0 Å². The van der Waals surface area contributed by atoms with Crippen molar-refractivity contribution in [2.24, 2.45) is 0 Å². The van der Waals surface area contributed by atoms with Crippen LogP contribution in [0.3, 0.4) is 0 Å². The molecular weight excluding hydrogens is 522 g/mol. The lowest BCUT2D eigenvalue weighted by molar-refractivity contribution is -0.140. The van der Waals surface area contributed by atoms with E-state index in [0.717, 1.165) is 24.8 Å². The number of rotatable bonds is 11. The van der Waals surface area contributed by atoms with Crippen molar-refractivity contribution in [1.29, 1.82) is 0 Å². The molecule has 0 bridgehead atoms. The normalized spacial score (nSPS) is 17.5. The van der Waals surface area contributed by atoms with Crippen LogP contribution in [0.4, 0.5) is 0 Å². The number of carbonyl (C=O) groups is 2. The van der Waals surface area contributed by atoms with Gasteiger partial charge < -0.3 is 29.0 Å². The Balaban J connectivity index is 1.59. The van der Waals surface area contributed by atoms with Crippen molar-refractivity contribution >= 4 is 17.4 Å². The molecule has 0 aliphatic carbocycles. The predicted octanol–water partition coefficient (Wildman–Crippen LogP) is 6.05. The van der Waals surface area contributed by atoms with Gasteiger partial charge in [-0.15, -0.1) is 0 Å². The monoisotopic (exact) mass is 557 g/mol. The molecule has 1 amide bonds. The summed E-state index contributed by atoms with van der Waals surface area (Å²) in [6.45, 7) is 6.00. The molecule has 0 aromatic heterocycles. The molecule has 1 saturated heterocycles. The zero-order valence-corrected chi connectivity index (χ0v) is 23.4. The number of hydrogen-bond donors (Lipinski definition) is 1. The number of hydrogen-bond acceptors (Lipinski definition) is 7. The fraction of sp³-hybridized carbons (Fsp3) is 0.333. The first-order chi connectivity index (χ1) is 20.0. The molecule has 214 valence electrons. The second kappa shape index (κ2) is 12.8. The Hall–Kier alpha value is -4.46. The summed E-state index contributed by atoms with van der Waals surface area (Å²) in [5.74, 6) is 0.429. The maximum atomic E-state index is 13.6. The van der Waals surface area contributed by atoms with Crippen LogP contribution >= 0.6 is 0 Å². The first-order valence-electron chi connectivity index (χ1n) is 14.1. The van der Waals surface area contributed by atoms with Crippen LogP contribution in [0.1, 0.15) is 55.8 Å². The van der Waals surface area contributed by atoms with E-state index in [2.05, 4.69) is 6.92 Å². The maximum absolute atomic E-state index is 13.6. The average Bonchev–Trinajstić information content (AvgIpc) is 3.25. The molecule has 0 saturated carbocycles. The molecule has 8 heteroatoms. The van der Waals surface area contributed by atoms with Gasteiger partial charge in [-0.3, -0.25) is 9.59 Å². The number of aliphatic hydroxyl groups excluding tert-OH is 1. The summed E-state index contributed by atoms with van der Waals surface area (Å²) in [4.78, 5) is 28.5. The molecule has 3 aromatic carbocycles. The lowest BCUT2D eigenvalue weighted by atomic mass is 9.94. The van der Waals surface area contributed by atoms with Crippen LogP contribution < -0.4 is 18.9 Å².